The summed E-state index contributed by atoms with van der Waals surface area (Å²) >= 11 is -0.826. The molecule has 5 heteroatoms. The predicted octanol–water partition coefficient (Wildman–Crippen LogP) is 16.3. The molecule has 0 bridgehead atoms. The van der Waals surface area contributed by atoms with Crippen LogP contribution in [-0.2, 0) is 40.2 Å². The largest absolute Gasteiger partial charge is 0 e. The molecule has 0 aliphatic rings. The number of nitrogens with two attached hydrogens (primary N) is 1. The molecule has 62 heavy (non-hydrogen) atoms. The number of aryl methyl sites for hydroxylation is 2. The summed E-state index contributed by atoms with van der Waals surface area (Å²) in [6.45, 7) is 5.09. The quantitative estimate of drug-likeness (QED) is 0.104. The molecule has 0 saturated carbocycles. The fraction of sp³-hybridized carbons (Fsp3) is 0.0877. The average molecular weight is 936 g/mol. The maximum absolute atomic E-state index is 5.35. The summed E-state index contributed by atoms with van der Waals surface area (Å²) in [6.07, 6.45) is 2.15. The Labute approximate surface area is 388 Å². The zero-order valence-electron chi connectivity index (χ0n) is 35.0. The summed E-state index contributed by atoms with van der Waals surface area (Å²) in [5.74, 6) is 0. The first-order valence-corrected chi connectivity index (χ1v) is 27.3. The van der Waals surface area contributed by atoms with Crippen LogP contribution in [0.15, 0.2) is 200 Å². The molecule has 11 aromatic rings. The summed E-state index contributed by atoms with van der Waals surface area (Å²) in [6, 6.07) is 72.3. The standard InChI is InChI=1S/2C25H19.C7H9N.2ClH.Si.Zr/c2*1-2-17-14-18-10-7-13-23(24(18)15-17)25-21-11-5-3-8-19(21)16-20-9-4-6-12-22(20)25;8-6-7-4-2-1-3-5-7;;;;/h2*3-16H,2H2,1H3;1-5H,6,8H2;2*1H;;/q2*-1;;;;;+4/p-2. The molecule has 0 aromatic heterocycles. The van der Waals surface area contributed by atoms with Crippen molar-refractivity contribution in [3.8, 4) is 22.3 Å². The molecule has 0 saturated heterocycles. The molecule has 0 aliphatic heterocycles. The summed E-state index contributed by atoms with van der Waals surface area (Å²) in [7, 11) is 9.87. The van der Waals surface area contributed by atoms with Gasteiger partial charge >= 0.3 is 37.9 Å². The van der Waals surface area contributed by atoms with Gasteiger partial charge < -0.3 is 5.73 Å². The van der Waals surface area contributed by atoms with Gasteiger partial charge in [0.05, 0.1) is 0 Å². The number of fused-ring (bicyclic) bond motifs is 6. The molecule has 4 radical (unpaired) electrons. The van der Waals surface area contributed by atoms with Crippen LogP contribution in [0.1, 0.15) is 30.5 Å². The van der Waals surface area contributed by atoms with Gasteiger partial charge in [-0.2, -0.15) is 12.1 Å². The fourth-order valence-electron chi connectivity index (χ4n) is 8.66. The Morgan fingerprint density at radius 1 is 0.419 bits per heavy atom. The monoisotopic (exact) mass is 933 g/mol. The normalized spacial score (nSPS) is 10.7. The SMILES string of the molecule is CCc1cc2c(-c3c4ccccc4cc4ccccc34)cccc2[cH-]1.CCc1cc2c(-c3c4ccccc4cc4ccccc34)cccc2[cH-]1.NCc1ccccc1.[Cl][Zr+2][Cl].[Si]. The van der Waals surface area contributed by atoms with Crippen LogP contribution in [-0.4, -0.2) is 11.0 Å². The van der Waals surface area contributed by atoms with Crippen molar-refractivity contribution in [3.05, 3.63) is 217 Å². The van der Waals surface area contributed by atoms with E-state index in [9.17, 15) is 0 Å². The van der Waals surface area contributed by atoms with Gasteiger partial charge in [0.15, 0.2) is 0 Å². The van der Waals surface area contributed by atoms with Crippen molar-refractivity contribution in [1.82, 2.24) is 0 Å². The second-order valence-electron chi connectivity index (χ2n) is 15.2. The van der Waals surface area contributed by atoms with Crippen LogP contribution >= 0.6 is 17.0 Å². The van der Waals surface area contributed by atoms with Crippen LogP contribution in [0.25, 0.3) is 86.9 Å². The molecular weight excluding hydrogens is 889 g/mol. The minimum atomic E-state index is -0.826. The topological polar surface area (TPSA) is 26.0 Å². The first kappa shape index (κ1) is 44.9. The van der Waals surface area contributed by atoms with Crippen LogP contribution in [0.5, 0.6) is 0 Å². The van der Waals surface area contributed by atoms with Crippen LogP contribution in [0.2, 0.25) is 0 Å². The predicted molar refractivity (Wildman–Crippen MR) is 271 cm³/mol. The van der Waals surface area contributed by atoms with Gasteiger partial charge in [0.2, 0.25) is 0 Å². The molecule has 0 amide bonds. The molecule has 1 nitrogen and oxygen atoms in total. The number of halogens is 2. The van der Waals surface area contributed by atoms with E-state index in [0.717, 1.165) is 12.8 Å². The maximum Gasteiger partial charge on any atom is 0 e. The Morgan fingerprint density at radius 2 is 0.758 bits per heavy atom. The Bertz CT molecular complexity index is 2920. The van der Waals surface area contributed by atoms with E-state index in [4.69, 9.17) is 22.8 Å². The summed E-state index contributed by atoms with van der Waals surface area (Å²) < 4.78 is 0. The van der Waals surface area contributed by atoms with Gasteiger partial charge in [0.25, 0.3) is 0 Å². The van der Waals surface area contributed by atoms with E-state index < -0.39 is 20.8 Å². The summed E-state index contributed by atoms with van der Waals surface area (Å²) in [5.41, 5.74) is 14.7. The van der Waals surface area contributed by atoms with Gasteiger partial charge in [-0.3, -0.25) is 0 Å². The smallest absolute Gasteiger partial charge is 0 e. The first-order valence-electron chi connectivity index (χ1n) is 20.9. The van der Waals surface area contributed by atoms with Crippen LogP contribution in [0.3, 0.4) is 0 Å². The van der Waals surface area contributed by atoms with E-state index in [0.29, 0.717) is 6.54 Å². The molecule has 11 aromatic carbocycles. The van der Waals surface area contributed by atoms with Gasteiger partial charge in [-0.25, -0.2) is 0 Å². The summed E-state index contributed by atoms with van der Waals surface area (Å²) in [5, 5.41) is 15.9. The van der Waals surface area contributed by atoms with Crippen LogP contribution in [0, 0.1) is 0 Å². The molecule has 11 rings (SSSR count). The van der Waals surface area contributed by atoms with E-state index >= 15 is 0 Å². The zero-order valence-corrected chi connectivity index (χ0v) is 40.0. The molecule has 0 spiro atoms. The number of hydrogen-bond acceptors (Lipinski definition) is 1. The molecule has 302 valence electrons. The van der Waals surface area contributed by atoms with Crippen molar-refractivity contribution < 1.29 is 20.8 Å². The van der Waals surface area contributed by atoms with E-state index in [2.05, 4.69) is 184 Å². The van der Waals surface area contributed by atoms with Crippen molar-refractivity contribution in [2.75, 3.05) is 0 Å². The zero-order chi connectivity index (χ0) is 42.1. The number of hydrogen-bond donors (Lipinski definition) is 1. The Hall–Kier alpha value is -5.12. The van der Waals surface area contributed by atoms with Gasteiger partial charge in [-0.15, -0.1) is 69.1 Å². The minimum absolute atomic E-state index is 0. The van der Waals surface area contributed by atoms with Crippen LogP contribution < -0.4 is 5.73 Å². The van der Waals surface area contributed by atoms with Gasteiger partial charge in [0, 0.05) is 17.5 Å². The van der Waals surface area contributed by atoms with Gasteiger partial charge in [-0.1, -0.05) is 165 Å². The third-order valence-corrected chi connectivity index (χ3v) is 11.6. The van der Waals surface area contributed by atoms with Crippen molar-refractivity contribution >= 4 is 92.6 Å². The third kappa shape index (κ3) is 9.59. The van der Waals surface area contributed by atoms with Crippen molar-refractivity contribution in [3.63, 3.8) is 0 Å². The number of benzene rings is 9. The van der Waals surface area contributed by atoms with Crippen molar-refractivity contribution in [2.24, 2.45) is 5.73 Å². The molecule has 0 aliphatic carbocycles. The molecule has 2 N–H and O–H groups in total. The van der Waals surface area contributed by atoms with Gasteiger partial charge in [0.1, 0.15) is 0 Å². The molecular formula is C57H47Cl2NSiZr. The fourth-order valence-corrected chi connectivity index (χ4v) is 8.66. The minimum Gasteiger partial charge on any atom is 0 e. The maximum atomic E-state index is 5.35. The average Bonchev–Trinajstić information content (AvgIpc) is 3.96. The Morgan fingerprint density at radius 3 is 1.08 bits per heavy atom. The molecule has 0 heterocycles. The third-order valence-electron chi connectivity index (χ3n) is 11.6. The first-order chi connectivity index (χ1) is 30.0. The second-order valence-corrected chi connectivity index (χ2v) is 18.9. The molecule has 0 unspecified atom stereocenters. The second kappa shape index (κ2) is 21.3. The Kier molecular flexibility index (Phi) is 15.4. The van der Waals surface area contributed by atoms with E-state index in [-0.39, 0.29) is 11.0 Å². The number of rotatable bonds is 5. The van der Waals surface area contributed by atoms with E-state index in [1.165, 1.54) is 104 Å². The summed E-state index contributed by atoms with van der Waals surface area (Å²) in [4.78, 5) is 0. The van der Waals surface area contributed by atoms with Gasteiger partial charge in [-0.05, 0) is 84.8 Å². The van der Waals surface area contributed by atoms with Crippen molar-refractivity contribution in [2.45, 2.75) is 33.2 Å². The molecule has 0 fully saturated rings. The Balaban J connectivity index is 0.000000149. The van der Waals surface area contributed by atoms with E-state index in [1.54, 1.807) is 0 Å². The van der Waals surface area contributed by atoms with Crippen LogP contribution in [0.4, 0.5) is 0 Å². The molecule has 0 atom stereocenters. The van der Waals surface area contributed by atoms with Crippen molar-refractivity contribution in [1.29, 1.82) is 0 Å². The van der Waals surface area contributed by atoms with E-state index in [1.807, 2.05) is 30.3 Å².